The van der Waals surface area contributed by atoms with Crippen LogP contribution in [0.1, 0.15) is 12.5 Å². The number of nitro benzene ring substituents is 1. The molecule has 0 fully saturated rings. The van der Waals surface area contributed by atoms with Gasteiger partial charge in [-0.25, -0.2) is 10.6 Å². The molecule has 0 amide bonds. The summed E-state index contributed by atoms with van der Waals surface area (Å²) in [6.07, 6.45) is 1.53. The summed E-state index contributed by atoms with van der Waals surface area (Å²) < 4.78 is 7.30. The summed E-state index contributed by atoms with van der Waals surface area (Å²) >= 11 is 5.22. The lowest BCUT2D eigenvalue weighted by Crippen LogP contribution is -2.10. The number of aromatic nitrogens is 3. The van der Waals surface area contributed by atoms with E-state index in [-0.39, 0.29) is 5.69 Å². The molecular formula is C17H16N6O3S. The average Bonchev–Trinajstić information content (AvgIpc) is 3.04. The number of nitro groups is 1. The molecule has 3 rings (SSSR count). The van der Waals surface area contributed by atoms with Crippen LogP contribution in [0.25, 0.3) is 11.4 Å². The van der Waals surface area contributed by atoms with Crippen LogP contribution >= 0.6 is 12.2 Å². The van der Waals surface area contributed by atoms with E-state index < -0.39 is 4.92 Å². The molecule has 0 aliphatic rings. The van der Waals surface area contributed by atoms with Crippen LogP contribution in [0.15, 0.2) is 53.6 Å². The van der Waals surface area contributed by atoms with Gasteiger partial charge in [0.2, 0.25) is 4.77 Å². The number of hydrogen-bond donors (Lipinski definition) is 2. The van der Waals surface area contributed by atoms with Gasteiger partial charge in [0.15, 0.2) is 5.82 Å². The minimum atomic E-state index is -0.451. The molecule has 0 saturated heterocycles. The van der Waals surface area contributed by atoms with Crippen LogP contribution in [-0.2, 0) is 0 Å². The smallest absolute Gasteiger partial charge is 0.269 e. The molecule has 10 heteroatoms. The molecule has 0 atom stereocenters. The Morgan fingerprint density at radius 2 is 2.00 bits per heavy atom. The summed E-state index contributed by atoms with van der Waals surface area (Å²) in [7, 11) is 0. The van der Waals surface area contributed by atoms with Gasteiger partial charge in [0, 0.05) is 17.7 Å². The molecule has 1 heterocycles. The van der Waals surface area contributed by atoms with Gasteiger partial charge in [-0.15, -0.1) is 0 Å². The number of nitrogens with zero attached hydrogens (tertiary/aromatic N) is 4. The summed E-state index contributed by atoms with van der Waals surface area (Å²) in [5, 5.41) is 21.7. The van der Waals surface area contributed by atoms with Crippen molar-refractivity contribution < 1.29 is 9.66 Å². The lowest BCUT2D eigenvalue weighted by atomic mass is 10.2. The van der Waals surface area contributed by atoms with Crippen molar-refractivity contribution in [1.82, 2.24) is 14.9 Å². The Kier molecular flexibility index (Phi) is 5.57. The van der Waals surface area contributed by atoms with Gasteiger partial charge in [-0.2, -0.15) is 14.9 Å². The van der Waals surface area contributed by atoms with Crippen LogP contribution < -0.4 is 10.3 Å². The topological polar surface area (TPSA) is 110 Å². The highest BCUT2D eigenvalue weighted by atomic mass is 32.1. The number of nitrogens with one attached hydrogen (secondary N) is 2. The molecule has 0 saturated carbocycles. The van der Waals surface area contributed by atoms with Crippen LogP contribution in [0.5, 0.6) is 5.75 Å². The molecule has 2 N–H and O–H groups in total. The zero-order valence-electron chi connectivity index (χ0n) is 14.3. The van der Waals surface area contributed by atoms with Crippen molar-refractivity contribution in [3.63, 3.8) is 0 Å². The summed E-state index contributed by atoms with van der Waals surface area (Å²) in [5.74, 6) is 1.33. The molecule has 9 nitrogen and oxygen atoms in total. The monoisotopic (exact) mass is 384 g/mol. The molecule has 3 aromatic rings. The lowest BCUT2D eigenvalue weighted by molar-refractivity contribution is -0.384. The zero-order chi connectivity index (χ0) is 19.2. The second-order valence-electron chi connectivity index (χ2n) is 5.35. The normalized spacial score (nSPS) is 10.9. The Balaban J connectivity index is 1.76. The van der Waals surface area contributed by atoms with Crippen molar-refractivity contribution in [3.8, 4) is 17.1 Å². The Labute approximate surface area is 159 Å². The van der Waals surface area contributed by atoms with Crippen molar-refractivity contribution in [2.75, 3.05) is 12.1 Å². The predicted octanol–water partition coefficient (Wildman–Crippen LogP) is 3.49. The zero-order valence-corrected chi connectivity index (χ0v) is 15.1. The maximum absolute atomic E-state index is 10.7. The first-order valence-electron chi connectivity index (χ1n) is 8.02. The van der Waals surface area contributed by atoms with Crippen LogP contribution in [0.3, 0.4) is 0 Å². The van der Waals surface area contributed by atoms with E-state index in [0.717, 1.165) is 11.3 Å². The third-order valence-corrected chi connectivity index (χ3v) is 3.84. The van der Waals surface area contributed by atoms with Gasteiger partial charge in [0.1, 0.15) is 5.75 Å². The first-order chi connectivity index (χ1) is 13.1. The minimum Gasteiger partial charge on any atom is -0.494 e. The molecule has 27 heavy (non-hydrogen) atoms. The number of aromatic amines is 1. The van der Waals surface area contributed by atoms with E-state index >= 15 is 0 Å². The van der Waals surface area contributed by atoms with E-state index in [1.54, 1.807) is 12.1 Å². The molecule has 0 unspecified atom stereocenters. The van der Waals surface area contributed by atoms with Gasteiger partial charge < -0.3 is 4.74 Å². The molecule has 0 radical (unpaired) electrons. The van der Waals surface area contributed by atoms with Crippen molar-refractivity contribution in [2.24, 2.45) is 5.10 Å². The maximum Gasteiger partial charge on any atom is 0.269 e. The highest BCUT2D eigenvalue weighted by molar-refractivity contribution is 7.71. The highest BCUT2D eigenvalue weighted by Crippen LogP contribution is 2.20. The minimum absolute atomic E-state index is 0.0231. The van der Waals surface area contributed by atoms with Gasteiger partial charge in [0.05, 0.1) is 17.7 Å². The molecule has 0 bridgehead atoms. The molecule has 2 aromatic carbocycles. The van der Waals surface area contributed by atoms with E-state index in [0.29, 0.717) is 22.8 Å². The Morgan fingerprint density at radius 3 is 2.63 bits per heavy atom. The number of rotatable bonds is 7. The summed E-state index contributed by atoms with van der Waals surface area (Å²) in [6, 6.07) is 13.5. The lowest BCUT2D eigenvalue weighted by Gasteiger charge is -2.07. The van der Waals surface area contributed by atoms with Crippen molar-refractivity contribution in [1.29, 1.82) is 0 Å². The van der Waals surface area contributed by atoms with Gasteiger partial charge in [-0.05, 0) is 61.1 Å². The standard InChI is InChI=1S/C17H16N6O3S/c1-2-26-15-9-5-13(6-10-15)16-19-20-17(27)22(16)21-18-11-12-3-7-14(8-4-12)23(24)25/h3-11,21H,2H2,1H3,(H,20,27). The molecule has 1 aromatic heterocycles. The second kappa shape index (κ2) is 8.23. The fourth-order valence-corrected chi connectivity index (χ4v) is 2.47. The van der Waals surface area contributed by atoms with Gasteiger partial charge in [-0.3, -0.25) is 10.1 Å². The van der Waals surface area contributed by atoms with Gasteiger partial charge in [-0.1, -0.05) is 0 Å². The maximum atomic E-state index is 10.7. The van der Waals surface area contributed by atoms with E-state index in [1.807, 2.05) is 31.2 Å². The number of hydrogen-bond acceptors (Lipinski definition) is 7. The molecule has 138 valence electrons. The Morgan fingerprint density at radius 1 is 1.30 bits per heavy atom. The first kappa shape index (κ1) is 18.3. The van der Waals surface area contributed by atoms with Gasteiger partial charge in [0.25, 0.3) is 5.69 Å². The van der Waals surface area contributed by atoms with Crippen molar-refractivity contribution >= 4 is 24.1 Å². The van der Waals surface area contributed by atoms with E-state index in [1.165, 1.54) is 23.0 Å². The van der Waals surface area contributed by atoms with Crippen LogP contribution in [-0.4, -0.2) is 32.6 Å². The fourth-order valence-electron chi connectivity index (χ4n) is 2.29. The Hall–Kier alpha value is -3.53. The first-order valence-corrected chi connectivity index (χ1v) is 8.43. The van der Waals surface area contributed by atoms with Gasteiger partial charge >= 0.3 is 0 Å². The van der Waals surface area contributed by atoms with Crippen molar-refractivity contribution in [3.05, 3.63) is 69.0 Å². The van der Waals surface area contributed by atoms with Crippen LogP contribution in [0.4, 0.5) is 5.69 Å². The summed E-state index contributed by atoms with van der Waals surface area (Å²) in [5.41, 5.74) is 4.35. The highest BCUT2D eigenvalue weighted by Gasteiger charge is 2.08. The molecule has 0 aliphatic heterocycles. The van der Waals surface area contributed by atoms with Crippen LogP contribution in [0.2, 0.25) is 0 Å². The average molecular weight is 384 g/mol. The summed E-state index contributed by atoms with van der Waals surface area (Å²) in [6.45, 7) is 2.52. The third-order valence-electron chi connectivity index (χ3n) is 3.57. The largest absolute Gasteiger partial charge is 0.494 e. The molecule has 0 aliphatic carbocycles. The van der Waals surface area contributed by atoms with E-state index in [9.17, 15) is 10.1 Å². The number of benzene rings is 2. The van der Waals surface area contributed by atoms with E-state index in [4.69, 9.17) is 17.0 Å². The third kappa shape index (κ3) is 4.36. The number of ether oxygens (including phenoxy) is 1. The predicted molar refractivity (Wildman–Crippen MR) is 104 cm³/mol. The fraction of sp³-hybridized carbons (Fsp3) is 0.118. The Bertz CT molecular complexity index is 1010. The SMILES string of the molecule is CCOc1ccc(-c2n[nH]c(=S)n2NN=Cc2ccc([N+](=O)[O-])cc2)cc1. The summed E-state index contributed by atoms with van der Waals surface area (Å²) in [4.78, 5) is 10.2. The van der Waals surface area contributed by atoms with Crippen LogP contribution in [0, 0.1) is 14.9 Å². The number of non-ortho nitro benzene ring substituents is 1. The number of H-pyrrole nitrogens is 1. The number of hydrazone groups is 1. The molecule has 0 spiro atoms. The van der Waals surface area contributed by atoms with Crippen molar-refractivity contribution in [2.45, 2.75) is 6.92 Å². The quantitative estimate of drug-likeness (QED) is 0.279. The molecular weight excluding hydrogens is 368 g/mol. The van der Waals surface area contributed by atoms with E-state index in [2.05, 4.69) is 20.8 Å². The second-order valence-corrected chi connectivity index (χ2v) is 5.74.